The minimum absolute atomic E-state index is 0.0486. The van der Waals surface area contributed by atoms with Crippen molar-refractivity contribution in [1.82, 2.24) is 9.78 Å². The van der Waals surface area contributed by atoms with Crippen molar-refractivity contribution in [2.75, 3.05) is 23.3 Å². The molecule has 2 aromatic carbocycles. The molecule has 3 heterocycles. The lowest BCUT2D eigenvalue weighted by Crippen LogP contribution is -2.28. The largest absolute Gasteiger partial charge is 0.371 e. The normalized spacial score (nSPS) is 18.2. The highest BCUT2D eigenvalue weighted by Gasteiger charge is 2.32. The summed E-state index contributed by atoms with van der Waals surface area (Å²) in [7, 11) is 0. The van der Waals surface area contributed by atoms with Crippen molar-refractivity contribution in [1.29, 1.82) is 0 Å². The van der Waals surface area contributed by atoms with Crippen molar-refractivity contribution in [3.8, 4) is 5.69 Å². The van der Waals surface area contributed by atoms with E-state index in [4.69, 9.17) is 5.73 Å². The van der Waals surface area contributed by atoms with Crippen LogP contribution in [-0.4, -0.2) is 34.7 Å². The molecular weight excluding hydrogens is 378 g/mol. The number of nitrogens with one attached hydrogen (secondary N) is 1. The number of nitrogens with zero attached hydrogens (tertiary/aromatic N) is 3. The van der Waals surface area contributed by atoms with E-state index in [1.54, 1.807) is 6.20 Å². The number of hydrogen-bond donors (Lipinski definition) is 2. The summed E-state index contributed by atoms with van der Waals surface area (Å²) in [6, 6.07) is 15.5. The first-order chi connectivity index (χ1) is 14.6. The van der Waals surface area contributed by atoms with Gasteiger partial charge in [0.2, 0.25) is 5.91 Å². The molecule has 2 aliphatic rings. The molecule has 0 spiro atoms. The van der Waals surface area contributed by atoms with Gasteiger partial charge in [0.1, 0.15) is 0 Å². The molecule has 1 atom stereocenters. The maximum Gasteiger partial charge on any atom is 0.250 e. The summed E-state index contributed by atoms with van der Waals surface area (Å²) in [5, 5.41) is 7.48. The van der Waals surface area contributed by atoms with Crippen LogP contribution in [0.25, 0.3) is 5.69 Å². The Morgan fingerprint density at radius 2 is 1.87 bits per heavy atom. The van der Waals surface area contributed by atoms with Crippen LogP contribution in [0.2, 0.25) is 0 Å². The number of hydrogen-bond acceptors (Lipinski definition) is 4. The first kappa shape index (κ1) is 18.4. The summed E-state index contributed by atoms with van der Waals surface area (Å²) in [5.41, 5.74) is 10.5. The SMILES string of the molecule is NC(=O)c1cc2c(cc1N1CCCC1)NC(=O)CC2c1ccnn1-c1ccccc1. The van der Waals surface area contributed by atoms with Gasteiger partial charge in [0.25, 0.3) is 5.91 Å². The van der Waals surface area contributed by atoms with Gasteiger partial charge in [-0.05, 0) is 48.7 Å². The minimum atomic E-state index is -0.452. The second-order valence-electron chi connectivity index (χ2n) is 7.82. The van der Waals surface area contributed by atoms with Crippen LogP contribution >= 0.6 is 0 Å². The van der Waals surface area contributed by atoms with E-state index in [2.05, 4.69) is 15.3 Å². The van der Waals surface area contributed by atoms with Crippen LogP contribution in [0.4, 0.5) is 11.4 Å². The number of carbonyl (C=O) groups excluding carboxylic acids is 2. The predicted octanol–water partition coefficient (Wildman–Crippen LogP) is 3.05. The van der Waals surface area contributed by atoms with Gasteiger partial charge in [0.05, 0.1) is 22.6 Å². The van der Waals surface area contributed by atoms with Crippen LogP contribution in [0, 0.1) is 0 Å². The third-order valence-corrected chi connectivity index (χ3v) is 5.95. The molecule has 0 radical (unpaired) electrons. The number of fused-ring (bicyclic) bond motifs is 1. The van der Waals surface area contributed by atoms with E-state index in [0.717, 1.165) is 54.3 Å². The van der Waals surface area contributed by atoms with Crippen molar-refractivity contribution >= 4 is 23.2 Å². The van der Waals surface area contributed by atoms with Gasteiger partial charge in [0, 0.05) is 37.3 Å². The molecule has 1 saturated heterocycles. The summed E-state index contributed by atoms with van der Waals surface area (Å²) < 4.78 is 1.85. The Bertz CT molecular complexity index is 1120. The number of benzene rings is 2. The summed E-state index contributed by atoms with van der Waals surface area (Å²) in [6.45, 7) is 1.77. The maximum absolute atomic E-state index is 12.6. The molecular formula is C23H23N5O2. The molecule has 152 valence electrons. The summed E-state index contributed by atoms with van der Waals surface area (Å²) in [6.07, 6.45) is 4.19. The second-order valence-corrected chi connectivity index (χ2v) is 7.82. The fourth-order valence-corrected chi connectivity index (χ4v) is 4.54. The fourth-order valence-electron chi connectivity index (χ4n) is 4.54. The number of carbonyl (C=O) groups is 2. The Morgan fingerprint density at radius 1 is 1.10 bits per heavy atom. The molecule has 7 heteroatoms. The first-order valence-corrected chi connectivity index (χ1v) is 10.2. The third-order valence-electron chi connectivity index (χ3n) is 5.95. The zero-order valence-electron chi connectivity index (χ0n) is 16.5. The van der Waals surface area contributed by atoms with Gasteiger partial charge in [-0.3, -0.25) is 9.59 Å². The molecule has 5 rings (SSSR count). The van der Waals surface area contributed by atoms with E-state index >= 15 is 0 Å². The van der Waals surface area contributed by atoms with Crippen molar-refractivity contribution in [2.24, 2.45) is 5.73 Å². The van der Waals surface area contributed by atoms with Gasteiger partial charge >= 0.3 is 0 Å². The summed E-state index contributed by atoms with van der Waals surface area (Å²) in [4.78, 5) is 27.1. The van der Waals surface area contributed by atoms with E-state index in [0.29, 0.717) is 5.56 Å². The highest BCUT2D eigenvalue weighted by Crippen LogP contribution is 2.41. The second kappa shape index (κ2) is 7.33. The molecule has 0 saturated carbocycles. The van der Waals surface area contributed by atoms with E-state index in [-0.39, 0.29) is 18.2 Å². The van der Waals surface area contributed by atoms with Crippen LogP contribution in [0.3, 0.4) is 0 Å². The van der Waals surface area contributed by atoms with E-state index in [1.807, 2.05) is 53.2 Å². The molecule has 30 heavy (non-hydrogen) atoms. The van der Waals surface area contributed by atoms with Crippen molar-refractivity contribution in [2.45, 2.75) is 25.2 Å². The molecule has 2 amide bonds. The van der Waals surface area contributed by atoms with Gasteiger partial charge in [-0.1, -0.05) is 18.2 Å². The lowest BCUT2D eigenvalue weighted by atomic mass is 9.86. The molecule has 3 aromatic rings. The molecule has 7 nitrogen and oxygen atoms in total. The lowest BCUT2D eigenvalue weighted by Gasteiger charge is -2.29. The Morgan fingerprint density at radius 3 is 2.60 bits per heavy atom. The molecule has 1 unspecified atom stereocenters. The van der Waals surface area contributed by atoms with E-state index in [1.165, 1.54) is 0 Å². The third kappa shape index (κ3) is 3.12. The lowest BCUT2D eigenvalue weighted by molar-refractivity contribution is -0.116. The predicted molar refractivity (Wildman–Crippen MR) is 115 cm³/mol. The van der Waals surface area contributed by atoms with Gasteiger partial charge in [-0.25, -0.2) is 4.68 Å². The monoisotopic (exact) mass is 401 g/mol. The number of nitrogens with two attached hydrogens (primary N) is 1. The average molecular weight is 401 g/mol. The molecule has 0 aliphatic carbocycles. The van der Waals surface area contributed by atoms with E-state index in [9.17, 15) is 9.59 Å². The Hall–Kier alpha value is -3.61. The minimum Gasteiger partial charge on any atom is -0.371 e. The van der Waals surface area contributed by atoms with Gasteiger partial charge in [0.15, 0.2) is 0 Å². The zero-order valence-corrected chi connectivity index (χ0v) is 16.5. The van der Waals surface area contributed by atoms with Crippen LogP contribution < -0.4 is 16.0 Å². The quantitative estimate of drug-likeness (QED) is 0.703. The number of aromatic nitrogens is 2. The Labute approximate surface area is 174 Å². The molecule has 1 fully saturated rings. The molecule has 3 N–H and O–H groups in total. The summed E-state index contributed by atoms with van der Waals surface area (Å²) in [5.74, 6) is -0.721. The Balaban J connectivity index is 1.64. The van der Waals surface area contributed by atoms with Crippen LogP contribution in [0.15, 0.2) is 54.7 Å². The Kier molecular flexibility index (Phi) is 4.50. The number of amides is 2. The van der Waals surface area contributed by atoms with Crippen molar-refractivity contribution in [3.05, 3.63) is 71.5 Å². The molecule has 1 aromatic heterocycles. The fraction of sp³-hybridized carbons (Fsp3) is 0.261. The molecule has 2 aliphatic heterocycles. The zero-order chi connectivity index (χ0) is 20.7. The van der Waals surface area contributed by atoms with Gasteiger partial charge < -0.3 is 16.0 Å². The number of rotatable bonds is 4. The topological polar surface area (TPSA) is 93.2 Å². The van der Waals surface area contributed by atoms with Crippen molar-refractivity contribution < 1.29 is 9.59 Å². The highest BCUT2D eigenvalue weighted by atomic mass is 16.2. The number of primary amides is 1. The molecule has 0 bridgehead atoms. The average Bonchev–Trinajstić information content (AvgIpc) is 3.45. The number of anilines is 2. The van der Waals surface area contributed by atoms with Gasteiger partial charge in [-0.2, -0.15) is 5.10 Å². The van der Waals surface area contributed by atoms with Crippen LogP contribution in [-0.2, 0) is 4.79 Å². The summed E-state index contributed by atoms with van der Waals surface area (Å²) >= 11 is 0. The van der Waals surface area contributed by atoms with Crippen LogP contribution in [0.1, 0.15) is 46.8 Å². The van der Waals surface area contributed by atoms with E-state index < -0.39 is 5.91 Å². The smallest absolute Gasteiger partial charge is 0.250 e. The number of para-hydroxylation sites is 1. The van der Waals surface area contributed by atoms with Gasteiger partial charge in [-0.15, -0.1) is 0 Å². The highest BCUT2D eigenvalue weighted by molar-refractivity contribution is 6.03. The standard InChI is InChI=1S/C23H23N5O2/c24-23(30)18-12-16-17(20-8-9-25-28(20)15-6-2-1-3-7-15)13-22(29)26-19(16)14-21(18)27-10-4-5-11-27/h1-3,6-9,12,14,17H,4-5,10-11,13H2,(H2,24,30)(H,26,29). The first-order valence-electron chi connectivity index (χ1n) is 10.2. The van der Waals surface area contributed by atoms with Crippen LogP contribution in [0.5, 0.6) is 0 Å². The maximum atomic E-state index is 12.6. The van der Waals surface area contributed by atoms with Crippen molar-refractivity contribution in [3.63, 3.8) is 0 Å².